The molecule has 1 rings (SSSR count). The molecule has 0 bridgehead atoms. The fraction of sp³-hybridized carbons (Fsp3) is 0.364. The van der Waals surface area contributed by atoms with Crippen molar-refractivity contribution >= 4 is 27.6 Å². The largest absolute Gasteiger partial charge is 0.469 e. The monoisotopic (exact) mass is 345 g/mol. The summed E-state index contributed by atoms with van der Waals surface area (Å²) in [7, 11) is -3.14. The molecule has 0 unspecified atom stereocenters. The molecule has 0 radical (unpaired) electrons. The second-order valence-electron chi connectivity index (χ2n) is 3.87. The van der Waals surface area contributed by atoms with Crippen molar-refractivity contribution in [3.63, 3.8) is 0 Å². The summed E-state index contributed by atoms with van der Waals surface area (Å²) in [5.41, 5.74) is -1.14. The molecular formula is C11H11ClF3NO4S. The minimum Gasteiger partial charge on any atom is -0.469 e. The number of halogens is 4. The second-order valence-corrected chi connectivity index (χ2v) is 6.01. The quantitative estimate of drug-likeness (QED) is 0.830. The van der Waals surface area contributed by atoms with Crippen LogP contribution in [-0.4, -0.2) is 28.0 Å². The molecule has 1 N–H and O–H groups in total. The number of hydrogen-bond acceptors (Lipinski definition) is 4. The Labute approximate surface area is 124 Å². The van der Waals surface area contributed by atoms with E-state index in [1.54, 1.807) is 0 Å². The average molecular weight is 346 g/mol. The van der Waals surface area contributed by atoms with Crippen LogP contribution in [0.25, 0.3) is 0 Å². The van der Waals surface area contributed by atoms with Gasteiger partial charge in [-0.1, -0.05) is 11.6 Å². The standard InChI is InChI=1S/C11H11ClF3NO4S/c1-20-10(17)4-5-16-21(18,19)9-6-7(11(13,14)15)2-3-8(9)12/h2-3,6,16H,4-5H2,1H3. The Morgan fingerprint density at radius 2 is 2.00 bits per heavy atom. The normalized spacial score (nSPS) is 12.2. The molecule has 0 atom stereocenters. The first kappa shape index (κ1) is 17.7. The van der Waals surface area contributed by atoms with E-state index < -0.39 is 32.6 Å². The van der Waals surface area contributed by atoms with Crippen molar-refractivity contribution in [2.24, 2.45) is 0 Å². The van der Waals surface area contributed by atoms with Crippen LogP contribution in [0.1, 0.15) is 12.0 Å². The van der Waals surface area contributed by atoms with Crippen molar-refractivity contribution in [3.05, 3.63) is 28.8 Å². The Balaban J connectivity index is 3.00. The average Bonchev–Trinajstić information content (AvgIpc) is 2.37. The van der Waals surface area contributed by atoms with Gasteiger partial charge in [-0.3, -0.25) is 4.79 Å². The van der Waals surface area contributed by atoms with Crippen LogP contribution < -0.4 is 4.72 Å². The molecule has 0 heterocycles. The number of esters is 1. The molecular weight excluding hydrogens is 335 g/mol. The van der Waals surface area contributed by atoms with Crippen LogP contribution in [0.3, 0.4) is 0 Å². The van der Waals surface area contributed by atoms with E-state index in [0.29, 0.717) is 12.1 Å². The topological polar surface area (TPSA) is 72.5 Å². The summed E-state index contributed by atoms with van der Waals surface area (Å²) in [6.07, 6.45) is -4.95. The van der Waals surface area contributed by atoms with E-state index in [4.69, 9.17) is 11.6 Å². The second kappa shape index (κ2) is 6.63. The van der Waals surface area contributed by atoms with Crippen molar-refractivity contribution < 1.29 is 31.1 Å². The number of carbonyl (C=O) groups excluding carboxylic acids is 1. The maximum absolute atomic E-state index is 12.6. The minimum atomic E-state index is -4.69. The van der Waals surface area contributed by atoms with Gasteiger partial charge in [0.05, 0.1) is 24.1 Å². The Morgan fingerprint density at radius 3 is 2.52 bits per heavy atom. The van der Waals surface area contributed by atoms with Gasteiger partial charge >= 0.3 is 12.1 Å². The number of carbonyl (C=O) groups is 1. The zero-order valence-corrected chi connectivity index (χ0v) is 12.3. The summed E-state index contributed by atoms with van der Waals surface area (Å²) < 4.78 is 67.8. The van der Waals surface area contributed by atoms with Gasteiger partial charge in [-0.2, -0.15) is 13.2 Å². The lowest BCUT2D eigenvalue weighted by atomic mass is 10.2. The molecule has 118 valence electrons. The van der Waals surface area contributed by atoms with E-state index in [0.717, 1.165) is 13.2 Å². The molecule has 21 heavy (non-hydrogen) atoms. The summed E-state index contributed by atoms with van der Waals surface area (Å²) in [6.45, 7) is -0.318. The van der Waals surface area contributed by atoms with Crippen LogP contribution in [0.4, 0.5) is 13.2 Å². The smallest absolute Gasteiger partial charge is 0.416 e. The molecule has 0 aromatic heterocycles. The number of methoxy groups -OCH3 is 1. The Morgan fingerprint density at radius 1 is 1.38 bits per heavy atom. The predicted molar refractivity (Wildman–Crippen MR) is 68.3 cm³/mol. The van der Waals surface area contributed by atoms with Crippen molar-refractivity contribution in [2.45, 2.75) is 17.5 Å². The fourth-order valence-corrected chi connectivity index (χ4v) is 2.91. The van der Waals surface area contributed by atoms with Crippen molar-refractivity contribution in [3.8, 4) is 0 Å². The fourth-order valence-electron chi connectivity index (χ4n) is 1.35. The van der Waals surface area contributed by atoms with Gasteiger partial charge < -0.3 is 4.74 Å². The third-order valence-electron chi connectivity index (χ3n) is 2.40. The maximum Gasteiger partial charge on any atom is 0.416 e. The number of rotatable bonds is 5. The molecule has 0 aliphatic carbocycles. The van der Waals surface area contributed by atoms with Crippen LogP contribution in [0.2, 0.25) is 5.02 Å². The van der Waals surface area contributed by atoms with Crippen LogP contribution in [0.15, 0.2) is 23.1 Å². The summed E-state index contributed by atoms with van der Waals surface area (Å²) in [5, 5.41) is -0.353. The van der Waals surface area contributed by atoms with E-state index >= 15 is 0 Å². The Kier molecular flexibility index (Phi) is 5.60. The zero-order valence-electron chi connectivity index (χ0n) is 10.7. The zero-order chi connectivity index (χ0) is 16.3. The van der Waals surface area contributed by atoms with Gasteiger partial charge in [0.15, 0.2) is 0 Å². The van der Waals surface area contributed by atoms with Crippen molar-refractivity contribution in [2.75, 3.05) is 13.7 Å². The molecule has 1 aromatic carbocycles. The Bertz CT molecular complexity index is 631. The maximum atomic E-state index is 12.6. The van der Waals surface area contributed by atoms with Crippen LogP contribution in [0, 0.1) is 0 Å². The van der Waals surface area contributed by atoms with E-state index in [9.17, 15) is 26.4 Å². The molecule has 0 spiro atoms. The molecule has 0 saturated carbocycles. The first-order chi connectivity index (χ1) is 9.58. The number of nitrogens with one attached hydrogen (secondary N) is 1. The van der Waals surface area contributed by atoms with Gasteiger partial charge in [-0.05, 0) is 18.2 Å². The molecule has 0 aliphatic rings. The summed E-state index contributed by atoms with van der Waals surface area (Å²) in [5.74, 6) is -0.659. The van der Waals surface area contributed by atoms with Crippen LogP contribution in [0.5, 0.6) is 0 Å². The first-order valence-electron chi connectivity index (χ1n) is 5.51. The number of alkyl halides is 3. The molecule has 10 heteroatoms. The molecule has 0 aliphatic heterocycles. The molecule has 1 aromatic rings. The lowest BCUT2D eigenvalue weighted by Crippen LogP contribution is -2.27. The highest BCUT2D eigenvalue weighted by Crippen LogP contribution is 2.33. The summed E-state index contributed by atoms with van der Waals surface area (Å²) in [4.78, 5) is 10.2. The van der Waals surface area contributed by atoms with Crippen LogP contribution in [-0.2, 0) is 25.7 Å². The number of ether oxygens (including phenoxy) is 1. The van der Waals surface area contributed by atoms with Crippen LogP contribution >= 0.6 is 11.6 Å². The third-order valence-corrected chi connectivity index (χ3v) is 4.34. The van der Waals surface area contributed by atoms with Gasteiger partial charge in [-0.15, -0.1) is 0 Å². The molecule has 0 fully saturated rings. The highest BCUT2D eigenvalue weighted by molar-refractivity contribution is 7.89. The van der Waals surface area contributed by atoms with Gasteiger partial charge in [0, 0.05) is 6.54 Å². The van der Waals surface area contributed by atoms with E-state index in [1.807, 2.05) is 4.72 Å². The third kappa shape index (κ3) is 4.87. The number of hydrogen-bond donors (Lipinski definition) is 1. The highest BCUT2D eigenvalue weighted by Gasteiger charge is 2.32. The number of sulfonamides is 1. The van der Waals surface area contributed by atoms with Crippen molar-refractivity contribution in [1.82, 2.24) is 4.72 Å². The molecule has 5 nitrogen and oxygen atoms in total. The summed E-state index contributed by atoms with van der Waals surface area (Å²) >= 11 is 5.62. The van der Waals surface area contributed by atoms with E-state index in [2.05, 4.69) is 4.74 Å². The lowest BCUT2D eigenvalue weighted by molar-refractivity contribution is -0.140. The van der Waals surface area contributed by atoms with Gasteiger partial charge in [0.2, 0.25) is 10.0 Å². The van der Waals surface area contributed by atoms with Gasteiger partial charge in [-0.25, -0.2) is 13.1 Å². The van der Waals surface area contributed by atoms with Gasteiger partial charge in [0.25, 0.3) is 0 Å². The SMILES string of the molecule is COC(=O)CCNS(=O)(=O)c1cc(C(F)(F)F)ccc1Cl. The number of benzene rings is 1. The van der Waals surface area contributed by atoms with Crippen molar-refractivity contribution in [1.29, 1.82) is 0 Å². The van der Waals surface area contributed by atoms with E-state index in [-0.39, 0.29) is 18.0 Å². The van der Waals surface area contributed by atoms with Gasteiger partial charge in [0.1, 0.15) is 4.90 Å². The minimum absolute atomic E-state index is 0.258. The van der Waals surface area contributed by atoms with E-state index in [1.165, 1.54) is 0 Å². The Hall–Kier alpha value is -1.32. The molecule has 0 amide bonds. The summed E-state index contributed by atoms with van der Waals surface area (Å²) in [6, 6.07) is 1.96. The predicted octanol–water partition coefficient (Wildman–Crippen LogP) is 2.20. The molecule has 0 saturated heterocycles. The lowest BCUT2D eigenvalue weighted by Gasteiger charge is -2.11. The first-order valence-corrected chi connectivity index (χ1v) is 7.37. The highest BCUT2D eigenvalue weighted by atomic mass is 35.5.